The zero-order chi connectivity index (χ0) is 13.7. The quantitative estimate of drug-likeness (QED) is 0.808. The molecule has 0 aliphatic heterocycles. The fourth-order valence-electron chi connectivity index (χ4n) is 2.07. The van der Waals surface area contributed by atoms with Crippen LogP contribution in [0.1, 0.15) is 42.9 Å². The number of aromatic nitrogens is 2. The molecule has 102 valence electrons. The molecule has 1 unspecified atom stereocenters. The van der Waals surface area contributed by atoms with Crippen LogP contribution in [0.2, 0.25) is 0 Å². The maximum Gasteiger partial charge on any atom is 0.269 e. The van der Waals surface area contributed by atoms with Crippen molar-refractivity contribution in [3.8, 4) is 0 Å². The van der Waals surface area contributed by atoms with Gasteiger partial charge in [-0.1, -0.05) is 26.7 Å². The summed E-state index contributed by atoms with van der Waals surface area (Å²) in [5.74, 6) is 0.329. The molecule has 1 heterocycles. The molecule has 0 aliphatic rings. The van der Waals surface area contributed by atoms with E-state index in [1.54, 1.807) is 17.8 Å². The Balaban J connectivity index is 2.53. The van der Waals surface area contributed by atoms with Gasteiger partial charge in [0.15, 0.2) is 0 Å². The molecule has 0 aromatic carbocycles. The van der Waals surface area contributed by atoms with Crippen molar-refractivity contribution in [1.82, 2.24) is 15.1 Å². The van der Waals surface area contributed by atoms with Gasteiger partial charge in [-0.25, -0.2) is 0 Å². The van der Waals surface area contributed by atoms with Crippen LogP contribution in [0.25, 0.3) is 0 Å². The first-order valence-electron chi connectivity index (χ1n) is 6.42. The summed E-state index contributed by atoms with van der Waals surface area (Å²) in [5, 5.41) is 7.00. The fraction of sp³-hybridized carbons (Fsp3) is 0.692. The third-order valence-electron chi connectivity index (χ3n) is 3.25. The molecule has 1 N–H and O–H groups in total. The number of hydrogen-bond acceptors (Lipinski definition) is 2. The number of hydrogen-bond donors (Lipinski definition) is 1. The highest BCUT2D eigenvalue weighted by atomic mass is 35.5. The van der Waals surface area contributed by atoms with E-state index < -0.39 is 0 Å². The van der Waals surface area contributed by atoms with Crippen LogP contribution >= 0.6 is 11.6 Å². The van der Waals surface area contributed by atoms with Gasteiger partial charge in [0.25, 0.3) is 5.91 Å². The summed E-state index contributed by atoms with van der Waals surface area (Å²) in [7, 11) is 1.76. The minimum Gasteiger partial charge on any atom is -0.349 e. The Bertz CT molecular complexity index is 399. The summed E-state index contributed by atoms with van der Waals surface area (Å²) in [6.45, 7) is 6.61. The van der Waals surface area contributed by atoms with Crippen LogP contribution in [0.5, 0.6) is 0 Å². The SMILES string of the molecule is CCC(CC)C(Cl)CNC(=O)c1cc(C)nn1C. The van der Waals surface area contributed by atoms with Gasteiger partial charge in [0.2, 0.25) is 0 Å². The van der Waals surface area contributed by atoms with Crippen molar-refractivity contribution < 1.29 is 4.79 Å². The highest BCUT2D eigenvalue weighted by Crippen LogP contribution is 2.17. The predicted molar refractivity (Wildman–Crippen MR) is 74.0 cm³/mol. The number of aryl methyl sites for hydroxylation is 2. The van der Waals surface area contributed by atoms with Crippen LogP contribution in [0.4, 0.5) is 0 Å². The number of nitrogens with zero attached hydrogens (tertiary/aromatic N) is 2. The Morgan fingerprint density at radius 1 is 1.50 bits per heavy atom. The monoisotopic (exact) mass is 271 g/mol. The molecule has 0 bridgehead atoms. The Hall–Kier alpha value is -1.03. The molecule has 1 rings (SSSR count). The van der Waals surface area contributed by atoms with Crippen molar-refractivity contribution in [2.24, 2.45) is 13.0 Å². The molecule has 0 radical (unpaired) electrons. The lowest BCUT2D eigenvalue weighted by molar-refractivity contribution is 0.0942. The van der Waals surface area contributed by atoms with Crippen LogP contribution in [0.3, 0.4) is 0 Å². The predicted octanol–water partition coefficient (Wildman–Crippen LogP) is 2.50. The minimum atomic E-state index is -0.116. The topological polar surface area (TPSA) is 46.9 Å². The molecule has 18 heavy (non-hydrogen) atoms. The van der Waals surface area contributed by atoms with Gasteiger partial charge in [0.1, 0.15) is 5.69 Å². The molecule has 5 heteroatoms. The Morgan fingerprint density at radius 3 is 2.56 bits per heavy atom. The first-order chi connectivity index (χ1) is 8.49. The largest absolute Gasteiger partial charge is 0.349 e. The zero-order valence-electron chi connectivity index (χ0n) is 11.5. The van der Waals surface area contributed by atoms with Crippen molar-refractivity contribution in [3.63, 3.8) is 0 Å². The van der Waals surface area contributed by atoms with Crippen molar-refractivity contribution >= 4 is 17.5 Å². The fourth-order valence-corrected chi connectivity index (χ4v) is 2.50. The smallest absolute Gasteiger partial charge is 0.269 e. The van der Waals surface area contributed by atoms with Crippen LogP contribution in [0.15, 0.2) is 6.07 Å². The number of amides is 1. The number of carbonyl (C=O) groups is 1. The summed E-state index contributed by atoms with van der Waals surface area (Å²) >= 11 is 6.29. The third-order valence-corrected chi connectivity index (χ3v) is 3.76. The molecule has 1 atom stereocenters. The first-order valence-corrected chi connectivity index (χ1v) is 6.86. The van der Waals surface area contributed by atoms with Gasteiger partial charge in [0.05, 0.1) is 11.1 Å². The normalized spacial score (nSPS) is 12.8. The molecule has 0 saturated carbocycles. The van der Waals surface area contributed by atoms with E-state index in [2.05, 4.69) is 24.3 Å². The van der Waals surface area contributed by atoms with E-state index in [9.17, 15) is 4.79 Å². The lowest BCUT2D eigenvalue weighted by Gasteiger charge is -2.19. The summed E-state index contributed by atoms with van der Waals surface area (Å²) < 4.78 is 1.59. The van der Waals surface area contributed by atoms with Crippen LogP contribution < -0.4 is 5.32 Å². The van der Waals surface area contributed by atoms with Gasteiger partial charge >= 0.3 is 0 Å². The number of alkyl halides is 1. The van der Waals surface area contributed by atoms with Crippen LogP contribution in [-0.2, 0) is 7.05 Å². The summed E-state index contributed by atoms with van der Waals surface area (Å²) in [6, 6.07) is 1.77. The maximum atomic E-state index is 12.0. The molecule has 0 saturated heterocycles. The van der Waals surface area contributed by atoms with Gasteiger partial charge in [0, 0.05) is 13.6 Å². The standard InChI is InChI=1S/C13H22ClN3O/c1-5-10(6-2)11(14)8-15-13(18)12-7-9(3)16-17(12)4/h7,10-11H,5-6,8H2,1-4H3,(H,15,18). The van der Waals surface area contributed by atoms with Gasteiger partial charge in [-0.2, -0.15) is 5.10 Å². The molecule has 1 amide bonds. The van der Waals surface area contributed by atoms with Gasteiger partial charge < -0.3 is 5.32 Å². The number of rotatable bonds is 6. The van der Waals surface area contributed by atoms with Gasteiger partial charge in [-0.05, 0) is 18.9 Å². The molecule has 0 aliphatic carbocycles. The van der Waals surface area contributed by atoms with E-state index in [-0.39, 0.29) is 11.3 Å². The summed E-state index contributed by atoms with van der Waals surface area (Å²) in [4.78, 5) is 12.0. The second kappa shape index (κ2) is 6.78. The van der Waals surface area contributed by atoms with Gasteiger partial charge in [-0.15, -0.1) is 11.6 Å². The Labute approximate surface area is 114 Å². The van der Waals surface area contributed by atoms with Crippen molar-refractivity contribution in [1.29, 1.82) is 0 Å². The highest BCUT2D eigenvalue weighted by Gasteiger charge is 2.18. The molecular weight excluding hydrogens is 250 g/mol. The maximum absolute atomic E-state index is 12.0. The van der Waals surface area contributed by atoms with E-state index >= 15 is 0 Å². The average Bonchev–Trinajstić information content (AvgIpc) is 2.67. The Morgan fingerprint density at radius 2 is 2.11 bits per heavy atom. The van der Waals surface area contributed by atoms with Crippen LogP contribution in [0, 0.1) is 12.8 Å². The lowest BCUT2D eigenvalue weighted by Crippen LogP contribution is -2.34. The van der Waals surface area contributed by atoms with Crippen molar-refractivity contribution in [3.05, 3.63) is 17.5 Å². The number of halogens is 1. The molecule has 1 aromatic heterocycles. The van der Waals surface area contributed by atoms with E-state index in [1.807, 2.05) is 6.92 Å². The summed E-state index contributed by atoms with van der Waals surface area (Å²) in [6.07, 6.45) is 2.07. The molecule has 0 spiro atoms. The van der Waals surface area contributed by atoms with E-state index in [0.717, 1.165) is 18.5 Å². The third kappa shape index (κ3) is 3.73. The average molecular weight is 272 g/mol. The Kier molecular flexibility index (Phi) is 5.66. The van der Waals surface area contributed by atoms with Crippen molar-refractivity contribution in [2.45, 2.75) is 39.0 Å². The van der Waals surface area contributed by atoms with Crippen LogP contribution in [-0.4, -0.2) is 27.6 Å². The van der Waals surface area contributed by atoms with Gasteiger partial charge in [-0.3, -0.25) is 9.48 Å². The van der Waals surface area contributed by atoms with E-state index in [0.29, 0.717) is 18.2 Å². The van der Waals surface area contributed by atoms with E-state index in [1.165, 1.54) is 0 Å². The second-order valence-electron chi connectivity index (χ2n) is 4.60. The molecule has 0 fully saturated rings. The van der Waals surface area contributed by atoms with Crippen molar-refractivity contribution in [2.75, 3.05) is 6.54 Å². The molecule has 1 aromatic rings. The minimum absolute atomic E-state index is 0.0155. The zero-order valence-corrected chi connectivity index (χ0v) is 12.3. The number of nitrogens with one attached hydrogen (secondary N) is 1. The molecule has 4 nitrogen and oxygen atoms in total. The first kappa shape index (κ1) is 15.0. The van der Waals surface area contributed by atoms with E-state index in [4.69, 9.17) is 11.6 Å². The highest BCUT2D eigenvalue weighted by molar-refractivity contribution is 6.21. The second-order valence-corrected chi connectivity index (χ2v) is 5.16. The molecular formula is C13H22ClN3O. The lowest BCUT2D eigenvalue weighted by atomic mass is 9.99. The number of carbonyl (C=O) groups excluding carboxylic acids is 1. The summed E-state index contributed by atoms with van der Waals surface area (Å²) in [5.41, 5.74) is 1.41.